The van der Waals surface area contributed by atoms with E-state index in [9.17, 15) is 8.78 Å². The van der Waals surface area contributed by atoms with Crippen LogP contribution in [0, 0.1) is 17.0 Å². The summed E-state index contributed by atoms with van der Waals surface area (Å²) in [4.78, 5) is 4.27. The Bertz CT molecular complexity index is 1010. The number of nitrogens with one attached hydrogen (secondary N) is 2. The van der Waals surface area contributed by atoms with Crippen molar-refractivity contribution in [3.05, 3.63) is 59.8 Å². The van der Waals surface area contributed by atoms with E-state index >= 15 is 0 Å². The van der Waals surface area contributed by atoms with Gasteiger partial charge < -0.3 is 20.9 Å². The summed E-state index contributed by atoms with van der Waals surface area (Å²) in [6.45, 7) is 7.22. The van der Waals surface area contributed by atoms with Crippen LogP contribution in [0.4, 0.5) is 20.2 Å². The van der Waals surface area contributed by atoms with Gasteiger partial charge in [0.1, 0.15) is 0 Å². The SMILES string of the molecule is C=C(NC1CCC1)C(=N)c1cc(-c2cc(N3CCN(C)CC3)cc(F)c2F)ccc1N. The van der Waals surface area contributed by atoms with Gasteiger partial charge in [-0.2, -0.15) is 0 Å². The summed E-state index contributed by atoms with van der Waals surface area (Å²) >= 11 is 0. The monoisotopic (exact) mass is 425 g/mol. The molecule has 1 heterocycles. The molecule has 1 saturated heterocycles. The van der Waals surface area contributed by atoms with Crippen LogP contribution in [-0.2, 0) is 0 Å². The summed E-state index contributed by atoms with van der Waals surface area (Å²) < 4.78 is 29.3. The summed E-state index contributed by atoms with van der Waals surface area (Å²) in [5.41, 5.74) is 8.95. The number of hydrogen-bond acceptors (Lipinski definition) is 5. The van der Waals surface area contributed by atoms with Gasteiger partial charge in [0.2, 0.25) is 0 Å². The van der Waals surface area contributed by atoms with Gasteiger partial charge in [-0.3, -0.25) is 5.41 Å². The molecule has 0 spiro atoms. The molecule has 0 radical (unpaired) electrons. The smallest absolute Gasteiger partial charge is 0.166 e. The van der Waals surface area contributed by atoms with Crippen molar-refractivity contribution in [3.63, 3.8) is 0 Å². The third kappa shape index (κ3) is 4.42. The first-order chi connectivity index (χ1) is 14.8. The number of allylic oxidation sites excluding steroid dienone is 1. The second-order valence-electron chi connectivity index (χ2n) is 8.51. The van der Waals surface area contributed by atoms with Gasteiger partial charge in [-0.1, -0.05) is 12.6 Å². The number of anilines is 2. The number of benzene rings is 2. The lowest BCUT2D eigenvalue weighted by molar-refractivity contribution is 0.312. The van der Waals surface area contributed by atoms with E-state index in [-0.39, 0.29) is 11.3 Å². The molecule has 1 saturated carbocycles. The van der Waals surface area contributed by atoms with E-state index in [4.69, 9.17) is 11.1 Å². The molecule has 2 aliphatic rings. The summed E-state index contributed by atoms with van der Waals surface area (Å²) in [6, 6.07) is 8.23. The fourth-order valence-electron chi connectivity index (χ4n) is 4.01. The fourth-order valence-corrected chi connectivity index (χ4v) is 4.01. The first-order valence-electron chi connectivity index (χ1n) is 10.7. The summed E-state index contributed by atoms with van der Waals surface area (Å²) in [7, 11) is 2.05. The lowest BCUT2D eigenvalue weighted by atomic mass is 9.92. The molecule has 1 aliphatic carbocycles. The van der Waals surface area contributed by atoms with E-state index in [0.717, 1.165) is 39.0 Å². The Balaban J connectivity index is 1.65. The average Bonchev–Trinajstić information content (AvgIpc) is 2.73. The Labute approximate surface area is 182 Å². The number of nitrogen functional groups attached to an aromatic ring is 1. The van der Waals surface area contributed by atoms with E-state index in [1.807, 2.05) is 7.05 Å². The van der Waals surface area contributed by atoms with Crippen molar-refractivity contribution in [2.45, 2.75) is 25.3 Å². The maximum Gasteiger partial charge on any atom is 0.166 e. The zero-order valence-electron chi connectivity index (χ0n) is 17.8. The molecule has 31 heavy (non-hydrogen) atoms. The summed E-state index contributed by atoms with van der Waals surface area (Å²) in [6.07, 6.45) is 3.29. The summed E-state index contributed by atoms with van der Waals surface area (Å²) in [5.74, 6) is -1.78. The highest BCUT2D eigenvalue weighted by Crippen LogP contribution is 2.32. The van der Waals surface area contributed by atoms with E-state index < -0.39 is 11.6 Å². The third-order valence-corrected chi connectivity index (χ3v) is 6.30. The lowest BCUT2D eigenvalue weighted by Crippen LogP contribution is -2.44. The number of likely N-dealkylation sites (N-methyl/N-ethyl adjacent to an activating group) is 1. The summed E-state index contributed by atoms with van der Waals surface area (Å²) in [5, 5.41) is 11.8. The van der Waals surface area contributed by atoms with Crippen molar-refractivity contribution < 1.29 is 8.78 Å². The maximum atomic E-state index is 14.8. The maximum absolute atomic E-state index is 14.8. The predicted molar refractivity (Wildman–Crippen MR) is 123 cm³/mol. The van der Waals surface area contributed by atoms with Crippen molar-refractivity contribution in [1.29, 1.82) is 5.41 Å². The third-order valence-electron chi connectivity index (χ3n) is 6.30. The Morgan fingerprint density at radius 2 is 1.84 bits per heavy atom. The van der Waals surface area contributed by atoms with Gasteiger partial charge in [0.25, 0.3) is 0 Å². The zero-order valence-corrected chi connectivity index (χ0v) is 17.8. The largest absolute Gasteiger partial charge is 0.398 e. The molecule has 0 atom stereocenters. The Morgan fingerprint density at radius 1 is 1.13 bits per heavy atom. The first-order valence-corrected chi connectivity index (χ1v) is 10.7. The van der Waals surface area contributed by atoms with Gasteiger partial charge in [-0.05, 0) is 50.1 Å². The molecule has 164 valence electrons. The second kappa shape index (κ2) is 8.67. The molecule has 0 unspecified atom stereocenters. The van der Waals surface area contributed by atoms with Crippen molar-refractivity contribution >= 4 is 17.1 Å². The molecule has 1 aliphatic heterocycles. The lowest BCUT2D eigenvalue weighted by Gasteiger charge is -2.34. The molecular formula is C24H29F2N5. The van der Waals surface area contributed by atoms with Gasteiger partial charge in [-0.25, -0.2) is 8.78 Å². The minimum atomic E-state index is -0.897. The molecule has 5 nitrogen and oxygen atoms in total. The van der Waals surface area contributed by atoms with Crippen molar-refractivity contribution in [2.75, 3.05) is 43.9 Å². The number of nitrogens with zero attached hydrogens (tertiary/aromatic N) is 2. The molecule has 4 rings (SSSR count). The van der Waals surface area contributed by atoms with Crippen LogP contribution >= 0.6 is 0 Å². The first kappa shape index (κ1) is 21.3. The zero-order chi connectivity index (χ0) is 22.1. The van der Waals surface area contributed by atoms with Crippen LogP contribution in [0.3, 0.4) is 0 Å². The normalized spacial score (nSPS) is 17.3. The number of nitrogens with two attached hydrogens (primary N) is 1. The Hall–Kier alpha value is -2.93. The highest BCUT2D eigenvalue weighted by molar-refractivity contribution is 6.13. The van der Waals surface area contributed by atoms with E-state index in [1.54, 1.807) is 24.3 Å². The fraction of sp³-hybridized carbons (Fsp3) is 0.375. The van der Waals surface area contributed by atoms with E-state index in [0.29, 0.717) is 34.2 Å². The molecule has 0 aromatic heterocycles. The van der Waals surface area contributed by atoms with Crippen molar-refractivity contribution in [3.8, 4) is 11.1 Å². The van der Waals surface area contributed by atoms with Crippen LogP contribution in [0.5, 0.6) is 0 Å². The van der Waals surface area contributed by atoms with Crippen LogP contribution < -0.4 is 16.0 Å². The van der Waals surface area contributed by atoms with E-state index in [2.05, 4.69) is 21.7 Å². The minimum absolute atomic E-state index is 0.167. The quantitative estimate of drug-likeness (QED) is 0.484. The van der Waals surface area contributed by atoms with Gasteiger partial charge in [0.15, 0.2) is 11.6 Å². The van der Waals surface area contributed by atoms with Gasteiger partial charge in [0.05, 0.1) is 11.4 Å². The number of piperazine rings is 1. The van der Waals surface area contributed by atoms with Gasteiger partial charge >= 0.3 is 0 Å². The van der Waals surface area contributed by atoms with Crippen LogP contribution in [0.25, 0.3) is 11.1 Å². The number of rotatable bonds is 6. The molecule has 0 bridgehead atoms. The molecule has 2 aromatic rings. The highest BCUT2D eigenvalue weighted by atomic mass is 19.2. The highest BCUT2D eigenvalue weighted by Gasteiger charge is 2.22. The number of hydrogen-bond donors (Lipinski definition) is 3. The Kier molecular flexibility index (Phi) is 5.96. The van der Waals surface area contributed by atoms with Crippen LogP contribution in [-0.4, -0.2) is 49.9 Å². The van der Waals surface area contributed by atoms with Crippen molar-refractivity contribution in [1.82, 2.24) is 10.2 Å². The molecule has 7 heteroatoms. The molecule has 2 fully saturated rings. The van der Waals surface area contributed by atoms with E-state index in [1.165, 1.54) is 12.5 Å². The van der Waals surface area contributed by atoms with Gasteiger partial charge in [-0.15, -0.1) is 0 Å². The second-order valence-corrected chi connectivity index (χ2v) is 8.51. The standard InChI is InChI=1S/C24H29F2N5/c1-15(29-17-4-3-5-17)24(28)20-12-16(6-7-22(20)27)19-13-18(14-21(25)23(19)26)31-10-8-30(2)9-11-31/h6-7,12-14,17,28-29H,1,3-5,8-11,27H2,2H3. The topological polar surface area (TPSA) is 68.4 Å². The van der Waals surface area contributed by atoms with Crippen LogP contribution in [0.1, 0.15) is 24.8 Å². The Morgan fingerprint density at radius 3 is 2.48 bits per heavy atom. The van der Waals surface area contributed by atoms with Crippen molar-refractivity contribution in [2.24, 2.45) is 0 Å². The van der Waals surface area contributed by atoms with Crippen LogP contribution in [0.2, 0.25) is 0 Å². The predicted octanol–water partition coefficient (Wildman–Crippen LogP) is 3.99. The average molecular weight is 426 g/mol. The number of halogens is 2. The molecular weight excluding hydrogens is 396 g/mol. The molecule has 0 amide bonds. The molecule has 4 N–H and O–H groups in total. The van der Waals surface area contributed by atoms with Crippen LogP contribution in [0.15, 0.2) is 42.6 Å². The van der Waals surface area contributed by atoms with Gasteiger partial charge in [0, 0.05) is 60.8 Å². The molecule has 2 aromatic carbocycles. The minimum Gasteiger partial charge on any atom is -0.398 e.